The molecule has 0 bridgehead atoms. The Morgan fingerprint density at radius 3 is 2.73 bits per heavy atom. The third-order valence-corrected chi connectivity index (χ3v) is 6.50. The number of nitrogens with zero attached hydrogens (tertiary/aromatic N) is 4. The van der Waals surface area contributed by atoms with Crippen LogP contribution >= 0.6 is 0 Å². The maximum absolute atomic E-state index is 12.6. The number of hydrogen-bond acceptors (Lipinski definition) is 5. The number of piperidine rings is 2. The molecule has 1 aliphatic carbocycles. The highest BCUT2D eigenvalue weighted by atomic mass is 16.2. The molecule has 0 radical (unpaired) electrons. The van der Waals surface area contributed by atoms with Crippen LogP contribution in [0.5, 0.6) is 0 Å². The van der Waals surface area contributed by atoms with Gasteiger partial charge in [0.2, 0.25) is 11.9 Å². The summed E-state index contributed by atoms with van der Waals surface area (Å²) in [5, 5.41) is 3.14. The van der Waals surface area contributed by atoms with E-state index in [1.54, 1.807) is 0 Å². The fourth-order valence-electron chi connectivity index (χ4n) is 5.13. The molecule has 3 fully saturated rings. The van der Waals surface area contributed by atoms with Gasteiger partial charge in [0.1, 0.15) is 5.82 Å². The molecule has 0 aromatic carbocycles. The molecule has 3 heterocycles. The second kappa shape index (κ2) is 7.05. The van der Waals surface area contributed by atoms with Crippen LogP contribution < -0.4 is 10.2 Å². The van der Waals surface area contributed by atoms with Crippen LogP contribution in [0.15, 0.2) is 6.07 Å². The first-order valence-corrected chi connectivity index (χ1v) is 10.2. The number of hydrogen-bond donors (Lipinski definition) is 1. The third kappa shape index (κ3) is 3.38. The summed E-state index contributed by atoms with van der Waals surface area (Å²) in [6.07, 6.45) is 9.02. The van der Waals surface area contributed by atoms with Gasteiger partial charge in [-0.15, -0.1) is 0 Å². The minimum atomic E-state index is 0.210. The molecule has 1 aromatic heterocycles. The molecule has 1 aromatic rings. The van der Waals surface area contributed by atoms with Crippen molar-refractivity contribution in [1.29, 1.82) is 0 Å². The lowest BCUT2D eigenvalue weighted by Crippen LogP contribution is -2.56. The lowest BCUT2D eigenvalue weighted by Gasteiger charge is -2.49. The molecule has 1 spiro atoms. The van der Waals surface area contributed by atoms with Gasteiger partial charge in [0.05, 0.1) is 0 Å². The van der Waals surface area contributed by atoms with Gasteiger partial charge in [-0.3, -0.25) is 4.79 Å². The highest BCUT2D eigenvalue weighted by molar-refractivity contribution is 5.77. The second-order valence-electron chi connectivity index (χ2n) is 8.43. The number of carbonyl (C=O) groups is 1. The van der Waals surface area contributed by atoms with E-state index in [2.05, 4.69) is 25.1 Å². The molecule has 2 saturated heterocycles. The lowest BCUT2D eigenvalue weighted by atomic mass is 9.73. The Balaban J connectivity index is 1.54. The zero-order chi connectivity index (χ0) is 18.1. The van der Waals surface area contributed by atoms with Gasteiger partial charge in [-0.1, -0.05) is 12.8 Å². The highest BCUT2D eigenvalue weighted by Crippen LogP contribution is 2.41. The average Bonchev–Trinajstić information content (AvgIpc) is 3.18. The van der Waals surface area contributed by atoms with Gasteiger partial charge in [-0.05, 0) is 39.0 Å². The first-order chi connectivity index (χ1) is 12.6. The smallest absolute Gasteiger partial charge is 0.227 e. The quantitative estimate of drug-likeness (QED) is 0.901. The van der Waals surface area contributed by atoms with E-state index in [1.165, 1.54) is 32.1 Å². The first-order valence-electron chi connectivity index (χ1n) is 10.2. The van der Waals surface area contributed by atoms with Crippen molar-refractivity contribution >= 4 is 17.7 Å². The fraction of sp³-hybridized carbons (Fsp3) is 0.750. The van der Waals surface area contributed by atoms with Crippen molar-refractivity contribution in [3.05, 3.63) is 11.8 Å². The molecule has 6 heteroatoms. The molecule has 26 heavy (non-hydrogen) atoms. The summed E-state index contributed by atoms with van der Waals surface area (Å²) in [6, 6.07) is 2.46. The number of anilines is 2. The van der Waals surface area contributed by atoms with Crippen molar-refractivity contribution in [3.63, 3.8) is 0 Å². The molecule has 6 nitrogen and oxygen atoms in total. The van der Waals surface area contributed by atoms with Crippen molar-refractivity contribution in [2.24, 2.45) is 5.41 Å². The van der Waals surface area contributed by atoms with Gasteiger partial charge in [0.25, 0.3) is 0 Å². The number of aromatic nitrogens is 2. The summed E-state index contributed by atoms with van der Waals surface area (Å²) in [6.45, 7) is 4.92. The third-order valence-electron chi connectivity index (χ3n) is 6.50. The number of aryl methyl sites for hydroxylation is 1. The molecule has 1 amide bonds. The van der Waals surface area contributed by atoms with E-state index in [0.717, 1.165) is 49.9 Å². The molecule has 4 rings (SSSR count). The maximum atomic E-state index is 12.6. The summed E-state index contributed by atoms with van der Waals surface area (Å²) in [4.78, 5) is 26.5. The van der Waals surface area contributed by atoms with Crippen LogP contribution in [-0.2, 0) is 4.79 Å². The van der Waals surface area contributed by atoms with Gasteiger partial charge >= 0.3 is 0 Å². The van der Waals surface area contributed by atoms with Crippen molar-refractivity contribution in [2.45, 2.75) is 64.3 Å². The van der Waals surface area contributed by atoms with E-state index in [-0.39, 0.29) is 5.41 Å². The Morgan fingerprint density at radius 1 is 1.15 bits per heavy atom. The number of carbonyl (C=O) groups excluding carboxylic acids is 1. The Kier molecular flexibility index (Phi) is 4.76. The monoisotopic (exact) mass is 357 g/mol. The molecule has 3 aliphatic rings. The Morgan fingerprint density at radius 2 is 1.96 bits per heavy atom. The Bertz CT molecular complexity index is 672. The van der Waals surface area contributed by atoms with Gasteiger partial charge < -0.3 is 15.1 Å². The molecular formula is C20H31N5O. The maximum Gasteiger partial charge on any atom is 0.227 e. The summed E-state index contributed by atoms with van der Waals surface area (Å²) in [5.41, 5.74) is 1.20. The van der Waals surface area contributed by atoms with E-state index >= 15 is 0 Å². The predicted molar refractivity (Wildman–Crippen MR) is 103 cm³/mol. The first kappa shape index (κ1) is 17.6. The molecule has 1 saturated carbocycles. The summed E-state index contributed by atoms with van der Waals surface area (Å²) >= 11 is 0. The van der Waals surface area contributed by atoms with E-state index in [1.807, 2.05) is 20.0 Å². The van der Waals surface area contributed by atoms with E-state index < -0.39 is 0 Å². The molecule has 1 atom stereocenters. The number of likely N-dealkylation sites (tertiary alicyclic amines) is 1. The van der Waals surface area contributed by atoms with Crippen molar-refractivity contribution < 1.29 is 4.79 Å². The van der Waals surface area contributed by atoms with Gasteiger partial charge in [0, 0.05) is 56.3 Å². The summed E-state index contributed by atoms with van der Waals surface area (Å²) in [7, 11) is 1.90. The number of rotatable bonds is 3. The van der Waals surface area contributed by atoms with E-state index in [9.17, 15) is 4.79 Å². The molecule has 0 unspecified atom stereocenters. The van der Waals surface area contributed by atoms with Crippen LogP contribution in [0.1, 0.15) is 57.1 Å². The van der Waals surface area contributed by atoms with Crippen LogP contribution in [0, 0.1) is 12.3 Å². The zero-order valence-electron chi connectivity index (χ0n) is 16.1. The number of amides is 1. The summed E-state index contributed by atoms with van der Waals surface area (Å²) < 4.78 is 0. The average molecular weight is 358 g/mol. The molecule has 1 N–H and O–H groups in total. The van der Waals surface area contributed by atoms with Crippen molar-refractivity contribution in [1.82, 2.24) is 14.9 Å². The minimum Gasteiger partial charge on any atom is -0.373 e. The molecular weight excluding hydrogens is 326 g/mol. The number of nitrogens with one attached hydrogen (secondary N) is 1. The lowest BCUT2D eigenvalue weighted by molar-refractivity contribution is -0.140. The zero-order valence-corrected chi connectivity index (χ0v) is 16.1. The van der Waals surface area contributed by atoms with Gasteiger partial charge in [-0.2, -0.15) is 4.98 Å². The summed E-state index contributed by atoms with van der Waals surface area (Å²) in [5.74, 6) is 2.08. The fourth-order valence-corrected chi connectivity index (χ4v) is 5.13. The van der Waals surface area contributed by atoms with Gasteiger partial charge in [0.15, 0.2) is 0 Å². The standard InChI is InChI=1S/C20H31N5O/c1-15-12-17(21-2)23-19(22-15)24-11-5-9-20(13-24)10-8-18(26)25(14-20)16-6-3-4-7-16/h12,16H,3-11,13-14H2,1-2H3,(H,21,22,23)/t20-/m1/s1. The van der Waals surface area contributed by atoms with Crippen LogP contribution in [0.4, 0.5) is 11.8 Å². The van der Waals surface area contributed by atoms with Crippen LogP contribution in [0.2, 0.25) is 0 Å². The highest BCUT2D eigenvalue weighted by Gasteiger charge is 2.44. The normalized spacial score (nSPS) is 27.4. The van der Waals surface area contributed by atoms with E-state index in [0.29, 0.717) is 18.4 Å². The largest absolute Gasteiger partial charge is 0.373 e. The predicted octanol–water partition coefficient (Wildman–Crippen LogP) is 2.98. The van der Waals surface area contributed by atoms with Crippen LogP contribution in [0.3, 0.4) is 0 Å². The van der Waals surface area contributed by atoms with Crippen molar-refractivity contribution in [3.8, 4) is 0 Å². The SMILES string of the molecule is CNc1cc(C)nc(N2CCC[C@@]3(CCC(=O)N(C4CCCC4)C3)C2)n1. The molecule has 2 aliphatic heterocycles. The van der Waals surface area contributed by atoms with Crippen LogP contribution in [-0.4, -0.2) is 53.5 Å². The molecule has 142 valence electrons. The van der Waals surface area contributed by atoms with Crippen LogP contribution in [0.25, 0.3) is 0 Å². The topological polar surface area (TPSA) is 61.4 Å². The van der Waals surface area contributed by atoms with Gasteiger partial charge in [-0.25, -0.2) is 4.98 Å². The Hall–Kier alpha value is -1.85. The van der Waals surface area contributed by atoms with E-state index in [4.69, 9.17) is 0 Å². The minimum absolute atomic E-state index is 0.210. The Labute approximate surface area is 156 Å². The second-order valence-corrected chi connectivity index (χ2v) is 8.43. The van der Waals surface area contributed by atoms with Crippen molar-refractivity contribution in [2.75, 3.05) is 36.9 Å².